The van der Waals surface area contributed by atoms with E-state index >= 15 is 0 Å². The van der Waals surface area contributed by atoms with Crippen LogP contribution in [0.4, 0.5) is 5.82 Å². The molecule has 0 fully saturated rings. The third-order valence-corrected chi connectivity index (χ3v) is 4.61. The Kier molecular flexibility index (Phi) is 5.20. The van der Waals surface area contributed by atoms with Gasteiger partial charge in [0.1, 0.15) is 11.6 Å². The number of hydrogen-bond acceptors (Lipinski definition) is 5. The minimum atomic E-state index is -0.154. The number of aromatic nitrogens is 5. The number of nitrogens with one attached hydrogen (secondary N) is 2. The summed E-state index contributed by atoms with van der Waals surface area (Å²) < 4.78 is 1.82. The predicted molar refractivity (Wildman–Crippen MR) is 113 cm³/mol. The molecule has 0 aliphatic rings. The molecule has 0 spiro atoms. The first-order chi connectivity index (χ1) is 14.1. The second-order valence-electron chi connectivity index (χ2n) is 6.77. The lowest BCUT2D eigenvalue weighted by atomic mass is 10.1. The summed E-state index contributed by atoms with van der Waals surface area (Å²) in [7, 11) is 1.92. The lowest BCUT2D eigenvalue weighted by molar-refractivity contribution is 0.770. The largest absolute Gasteiger partial charge is 0.366 e. The van der Waals surface area contributed by atoms with Crippen LogP contribution in [-0.4, -0.2) is 24.7 Å². The van der Waals surface area contributed by atoms with E-state index in [2.05, 4.69) is 37.5 Å². The van der Waals surface area contributed by atoms with E-state index in [1.54, 1.807) is 6.20 Å². The second-order valence-corrected chi connectivity index (χ2v) is 6.77. The summed E-state index contributed by atoms with van der Waals surface area (Å²) in [5.74, 6) is 1.28. The lowest BCUT2D eigenvalue weighted by Crippen LogP contribution is -2.10. The van der Waals surface area contributed by atoms with Gasteiger partial charge in [0.05, 0.1) is 5.69 Å². The van der Waals surface area contributed by atoms with Crippen LogP contribution < -0.4 is 10.9 Å². The van der Waals surface area contributed by atoms with Crippen LogP contribution in [0, 0.1) is 0 Å². The third kappa shape index (κ3) is 4.24. The van der Waals surface area contributed by atoms with E-state index in [1.165, 1.54) is 6.07 Å². The first kappa shape index (κ1) is 18.6. The maximum absolute atomic E-state index is 11.8. The molecule has 146 valence electrons. The van der Waals surface area contributed by atoms with E-state index in [0.29, 0.717) is 18.8 Å². The van der Waals surface area contributed by atoms with Gasteiger partial charge in [0.2, 0.25) is 0 Å². The molecule has 3 heterocycles. The van der Waals surface area contributed by atoms with Gasteiger partial charge in [-0.2, -0.15) is 5.10 Å². The molecule has 7 heteroatoms. The molecule has 4 rings (SSSR count). The Morgan fingerprint density at radius 1 is 1.10 bits per heavy atom. The average Bonchev–Trinajstić information content (AvgIpc) is 3.13. The normalized spacial score (nSPS) is 10.8. The molecule has 3 aromatic heterocycles. The molecule has 1 aromatic carbocycles. The predicted octanol–water partition coefficient (Wildman–Crippen LogP) is 3.41. The molecule has 29 heavy (non-hydrogen) atoms. The maximum atomic E-state index is 11.8. The molecular formula is C22H22N6O. The SMILES string of the molecule is CCc1cc(=O)[nH]c(-c2ccc(NCc3cn(C)nc3-c3ccccc3)nc2)n1. The monoisotopic (exact) mass is 386 g/mol. The van der Waals surface area contributed by atoms with E-state index in [4.69, 9.17) is 0 Å². The van der Waals surface area contributed by atoms with Crippen LogP contribution in [0.5, 0.6) is 0 Å². The second kappa shape index (κ2) is 8.10. The van der Waals surface area contributed by atoms with E-state index in [0.717, 1.165) is 33.9 Å². The fourth-order valence-electron chi connectivity index (χ4n) is 3.16. The smallest absolute Gasteiger partial charge is 0.251 e. The summed E-state index contributed by atoms with van der Waals surface area (Å²) in [5.41, 5.74) is 4.50. The van der Waals surface area contributed by atoms with Crippen molar-refractivity contribution in [3.8, 4) is 22.6 Å². The first-order valence-corrected chi connectivity index (χ1v) is 9.51. The number of rotatable bonds is 6. The van der Waals surface area contributed by atoms with Crippen LogP contribution in [0.2, 0.25) is 0 Å². The number of hydrogen-bond donors (Lipinski definition) is 2. The molecular weight excluding hydrogens is 364 g/mol. The molecule has 0 aliphatic carbocycles. The van der Waals surface area contributed by atoms with Gasteiger partial charge in [0.15, 0.2) is 0 Å². The number of benzene rings is 1. The molecule has 4 aromatic rings. The molecule has 0 radical (unpaired) electrons. The van der Waals surface area contributed by atoms with Crippen molar-refractivity contribution >= 4 is 5.82 Å². The lowest BCUT2D eigenvalue weighted by Gasteiger charge is -2.07. The fourth-order valence-corrected chi connectivity index (χ4v) is 3.16. The van der Waals surface area contributed by atoms with Crippen molar-refractivity contribution in [2.45, 2.75) is 19.9 Å². The van der Waals surface area contributed by atoms with Crippen molar-refractivity contribution in [3.05, 3.63) is 82.5 Å². The average molecular weight is 386 g/mol. The van der Waals surface area contributed by atoms with Gasteiger partial charge in [-0.25, -0.2) is 9.97 Å². The van der Waals surface area contributed by atoms with Crippen molar-refractivity contribution in [2.24, 2.45) is 7.05 Å². The van der Waals surface area contributed by atoms with E-state index < -0.39 is 0 Å². The highest BCUT2D eigenvalue weighted by Gasteiger charge is 2.10. The van der Waals surface area contributed by atoms with Gasteiger partial charge in [-0.15, -0.1) is 0 Å². The summed E-state index contributed by atoms with van der Waals surface area (Å²) >= 11 is 0. The van der Waals surface area contributed by atoms with Gasteiger partial charge in [-0.3, -0.25) is 9.48 Å². The van der Waals surface area contributed by atoms with Gasteiger partial charge < -0.3 is 10.3 Å². The van der Waals surface area contributed by atoms with Crippen LogP contribution in [0.15, 0.2) is 65.7 Å². The maximum Gasteiger partial charge on any atom is 0.251 e. The summed E-state index contributed by atoms with van der Waals surface area (Å²) in [6.45, 7) is 2.57. The molecule has 2 N–H and O–H groups in total. The quantitative estimate of drug-likeness (QED) is 0.530. The number of anilines is 1. The van der Waals surface area contributed by atoms with Gasteiger partial charge in [-0.05, 0) is 18.6 Å². The highest BCUT2D eigenvalue weighted by Crippen LogP contribution is 2.22. The summed E-state index contributed by atoms with van der Waals surface area (Å²) in [6, 6.07) is 15.4. The molecule has 0 saturated heterocycles. The van der Waals surface area contributed by atoms with Crippen molar-refractivity contribution < 1.29 is 0 Å². The number of aromatic amines is 1. The Labute approximate surface area is 168 Å². The molecule has 0 atom stereocenters. The van der Waals surface area contributed by atoms with Crippen LogP contribution in [0.1, 0.15) is 18.2 Å². The molecule has 0 aliphatic heterocycles. The Morgan fingerprint density at radius 3 is 2.66 bits per heavy atom. The standard InChI is InChI=1S/C22H22N6O/c1-3-18-11-20(29)26-22(25-18)16-9-10-19(23-12-16)24-13-17-14-28(2)27-21(17)15-7-5-4-6-8-15/h4-12,14H,3,13H2,1-2H3,(H,23,24)(H,25,26,29). The Balaban J connectivity index is 1.51. The number of nitrogens with zero attached hydrogens (tertiary/aromatic N) is 4. The number of H-pyrrole nitrogens is 1. The van der Waals surface area contributed by atoms with E-state index in [9.17, 15) is 4.79 Å². The molecule has 0 unspecified atom stereocenters. The van der Waals surface area contributed by atoms with Crippen molar-refractivity contribution in [1.29, 1.82) is 0 Å². The summed E-state index contributed by atoms with van der Waals surface area (Å²) in [4.78, 5) is 23.5. The molecule has 0 bridgehead atoms. The van der Waals surface area contributed by atoms with Crippen molar-refractivity contribution in [1.82, 2.24) is 24.7 Å². The Morgan fingerprint density at radius 2 is 1.93 bits per heavy atom. The third-order valence-electron chi connectivity index (χ3n) is 4.61. The van der Waals surface area contributed by atoms with Crippen LogP contribution in [0.3, 0.4) is 0 Å². The zero-order chi connectivity index (χ0) is 20.2. The fraction of sp³-hybridized carbons (Fsp3) is 0.182. The Bertz CT molecular complexity index is 1160. The first-order valence-electron chi connectivity index (χ1n) is 9.51. The van der Waals surface area contributed by atoms with Gasteiger partial charge in [-0.1, -0.05) is 37.3 Å². The van der Waals surface area contributed by atoms with Gasteiger partial charge >= 0.3 is 0 Å². The number of pyridine rings is 1. The minimum Gasteiger partial charge on any atom is -0.366 e. The highest BCUT2D eigenvalue weighted by molar-refractivity contribution is 5.63. The molecule has 7 nitrogen and oxygen atoms in total. The van der Waals surface area contributed by atoms with Crippen molar-refractivity contribution in [3.63, 3.8) is 0 Å². The van der Waals surface area contributed by atoms with Crippen molar-refractivity contribution in [2.75, 3.05) is 5.32 Å². The number of aryl methyl sites for hydroxylation is 2. The van der Waals surface area contributed by atoms with Crippen LogP contribution in [-0.2, 0) is 20.0 Å². The zero-order valence-electron chi connectivity index (χ0n) is 16.4. The summed E-state index contributed by atoms with van der Waals surface area (Å²) in [5, 5.41) is 7.93. The van der Waals surface area contributed by atoms with Gasteiger partial charge in [0, 0.05) is 54.4 Å². The summed E-state index contributed by atoms with van der Waals surface area (Å²) in [6.07, 6.45) is 4.43. The van der Waals surface area contributed by atoms with Crippen LogP contribution in [0.25, 0.3) is 22.6 Å². The zero-order valence-corrected chi connectivity index (χ0v) is 16.4. The van der Waals surface area contributed by atoms with Crippen LogP contribution >= 0.6 is 0 Å². The topological polar surface area (TPSA) is 88.5 Å². The molecule has 0 saturated carbocycles. The minimum absolute atomic E-state index is 0.154. The van der Waals surface area contributed by atoms with E-state index in [1.807, 2.05) is 55.2 Å². The highest BCUT2D eigenvalue weighted by atomic mass is 16.1. The van der Waals surface area contributed by atoms with E-state index in [-0.39, 0.29) is 5.56 Å². The van der Waals surface area contributed by atoms with Gasteiger partial charge in [0.25, 0.3) is 5.56 Å². The molecule has 0 amide bonds. The Hall–Kier alpha value is -3.74.